The van der Waals surface area contributed by atoms with Crippen molar-refractivity contribution in [2.45, 2.75) is 33.3 Å². The minimum Gasteiger partial charge on any atom is -0.455 e. The number of amides is 2. The molecule has 1 fully saturated rings. The molecule has 10 heteroatoms. The van der Waals surface area contributed by atoms with E-state index in [9.17, 15) is 14.4 Å². The highest BCUT2D eigenvalue weighted by atomic mass is 16.6. The Hall–Kier alpha value is -5.64. The summed E-state index contributed by atoms with van der Waals surface area (Å²) in [4.78, 5) is 48.1. The predicted octanol–water partition coefficient (Wildman–Crippen LogP) is 6.90. The van der Waals surface area contributed by atoms with Crippen LogP contribution in [0.3, 0.4) is 0 Å². The Kier molecular flexibility index (Phi) is 7.43. The third-order valence-corrected chi connectivity index (χ3v) is 8.40. The van der Waals surface area contributed by atoms with Crippen LogP contribution in [-0.2, 0) is 4.74 Å². The van der Waals surface area contributed by atoms with Gasteiger partial charge in [0.05, 0.1) is 22.2 Å². The highest BCUT2D eigenvalue weighted by Gasteiger charge is 2.26. The van der Waals surface area contributed by atoms with Crippen molar-refractivity contribution >= 4 is 56.2 Å². The lowest BCUT2D eigenvalue weighted by Gasteiger charge is -2.36. The first kappa shape index (κ1) is 30.0. The summed E-state index contributed by atoms with van der Waals surface area (Å²) >= 11 is 0. The number of furan rings is 1. The third-order valence-electron chi connectivity index (χ3n) is 8.40. The van der Waals surface area contributed by atoms with E-state index in [0.717, 1.165) is 27.6 Å². The fourth-order valence-electron chi connectivity index (χ4n) is 6.08. The number of hydrogen-bond donors (Lipinski definition) is 1. The number of piperazine rings is 1. The molecule has 47 heavy (non-hydrogen) atoms. The predicted molar refractivity (Wildman–Crippen MR) is 184 cm³/mol. The highest BCUT2D eigenvalue weighted by Crippen LogP contribution is 2.31. The molecular weight excluding hydrogens is 594 g/mol. The third kappa shape index (κ3) is 5.78. The van der Waals surface area contributed by atoms with Crippen molar-refractivity contribution < 1.29 is 18.7 Å². The van der Waals surface area contributed by atoms with Crippen molar-refractivity contribution in [3.05, 3.63) is 107 Å². The second-order valence-electron chi connectivity index (χ2n) is 12.8. The average Bonchev–Trinajstić information content (AvgIpc) is 3.43. The highest BCUT2D eigenvalue weighted by molar-refractivity contribution is 6.16. The Labute approximate surface area is 271 Å². The molecule has 1 N–H and O–H groups in total. The standard InChI is InChI=1S/C37H35N5O5/c1-23-20-24(39-34(43)28-10-7-9-27-26-8-5-6-11-32(26)46-33(27)28)12-15-31(23)42-22-38-30-14-13-25(21-29(30)35(42)44)40-16-18-41(19-17-40)36(45)47-37(2,3)4/h5-15,20-22H,16-19H2,1-4H3,(H,39,43). The molecule has 6 aromatic rings. The Morgan fingerprint density at radius 3 is 2.40 bits per heavy atom. The van der Waals surface area contributed by atoms with E-state index >= 15 is 0 Å². The van der Waals surface area contributed by atoms with E-state index in [2.05, 4.69) is 15.2 Å². The maximum atomic E-state index is 13.8. The summed E-state index contributed by atoms with van der Waals surface area (Å²) in [5, 5.41) is 5.32. The average molecular weight is 630 g/mol. The number of anilines is 2. The van der Waals surface area contributed by atoms with Crippen LogP contribution in [0.2, 0.25) is 0 Å². The number of carbonyl (C=O) groups excluding carboxylic acids is 2. The fraction of sp³-hybridized carbons (Fsp3) is 0.243. The van der Waals surface area contributed by atoms with E-state index in [0.29, 0.717) is 59.6 Å². The molecule has 0 radical (unpaired) electrons. The number of aryl methyl sites for hydroxylation is 1. The second-order valence-corrected chi connectivity index (χ2v) is 12.8. The van der Waals surface area contributed by atoms with E-state index in [1.807, 2.05) is 88.4 Å². The smallest absolute Gasteiger partial charge is 0.410 e. The van der Waals surface area contributed by atoms with Crippen molar-refractivity contribution in [3.63, 3.8) is 0 Å². The molecule has 10 nitrogen and oxygen atoms in total. The van der Waals surface area contributed by atoms with Crippen LogP contribution in [0.25, 0.3) is 38.5 Å². The maximum absolute atomic E-state index is 13.8. The van der Waals surface area contributed by atoms with E-state index in [4.69, 9.17) is 9.15 Å². The van der Waals surface area contributed by atoms with Crippen LogP contribution in [0.15, 0.2) is 94.4 Å². The minimum absolute atomic E-state index is 0.194. The lowest BCUT2D eigenvalue weighted by atomic mass is 10.1. The molecule has 0 unspecified atom stereocenters. The van der Waals surface area contributed by atoms with Gasteiger partial charge in [0.2, 0.25) is 0 Å². The normalized spacial score (nSPS) is 13.8. The van der Waals surface area contributed by atoms with Gasteiger partial charge in [0.15, 0.2) is 0 Å². The molecule has 1 saturated heterocycles. The van der Waals surface area contributed by atoms with Crippen molar-refractivity contribution in [1.29, 1.82) is 0 Å². The molecule has 0 atom stereocenters. The van der Waals surface area contributed by atoms with Crippen LogP contribution >= 0.6 is 0 Å². The van der Waals surface area contributed by atoms with Crippen LogP contribution in [0.1, 0.15) is 36.7 Å². The monoisotopic (exact) mass is 629 g/mol. The molecule has 7 rings (SSSR count). The van der Waals surface area contributed by atoms with Gasteiger partial charge in [0, 0.05) is 48.3 Å². The van der Waals surface area contributed by atoms with Crippen LogP contribution in [0.4, 0.5) is 16.2 Å². The maximum Gasteiger partial charge on any atom is 0.410 e. The molecule has 0 aliphatic carbocycles. The largest absolute Gasteiger partial charge is 0.455 e. The van der Waals surface area contributed by atoms with Gasteiger partial charge in [0.1, 0.15) is 23.1 Å². The molecule has 238 valence electrons. The van der Waals surface area contributed by atoms with Crippen LogP contribution in [0, 0.1) is 6.92 Å². The van der Waals surface area contributed by atoms with Crippen LogP contribution in [0.5, 0.6) is 0 Å². The molecule has 0 bridgehead atoms. The summed E-state index contributed by atoms with van der Waals surface area (Å²) < 4.78 is 13.1. The Morgan fingerprint density at radius 2 is 1.64 bits per heavy atom. The number of hydrogen-bond acceptors (Lipinski definition) is 7. The van der Waals surface area contributed by atoms with Crippen LogP contribution < -0.4 is 15.8 Å². The zero-order chi connectivity index (χ0) is 32.9. The molecule has 0 saturated carbocycles. The number of ether oxygens (including phenoxy) is 1. The fourth-order valence-corrected chi connectivity index (χ4v) is 6.08. The first-order chi connectivity index (χ1) is 22.6. The van der Waals surface area contributed by atoms with Crippen molar-refractivity contribution in [3.8, 4) is 5.69 Å². The second kappa shape index (κ2) is 11.6. The Bertz CT molecular complexity index is 2240. The number of carbonyl (C=O) groups is 2. The zero-order valence-electron chi connectivity index (χ0n) is 26.7. The summed E-state index contributed by atoms with van der Waals surface area (Å²) in [5.41, 5.74) is 4.52. The van der Waals surface area contributed by atoms with Gasteiger partial charge in [-0.15, -0.1) is 0 Å². The molecular formula is C37H35N5O5. The number of benzene rings is 4. The number of aromatic nitrogens is 2. The van der Waals surface area contributed by atoms with Crippen molar-refractivity contribution in [1.82, 2.24) is 14.5 Å². The summed E-state index contributed by atoms with van der Waals surface area (Å²) in [6.45, 7) is 9.76. The molecule has 1 aliphatic rings. The Morgan fingerprint density at radius 1 is 0.872 bits per heavy atom. The van der Waals surface area contributed by atoms with Crippen molar-refractivity contribution in [2.75, 3.05) is 36.4 Å². The molecule has 0 spiro atoms. The number of fused-ring (bicyclic) bond motifs is 4. The summed E-state index contributed by atoms with van der Waals surface area (Å²) in [6.07, 6.45) is 1.22. The first-order valence-corrected chi connectivity index (χ1v) is 15.6. The van der Waals surface area contributed by atoms with Crippen LogP contribution in [-0.4, -0.2) is 58.2 Å². The summed E-state index contributed by atoms with van der Waals surface area (Å²) in [7, 11) is 0. The lowest BCUT2D eigenvalue weighted by Crippen LogP contribution is -2.50. The number of rotatable bonds is 4. The molecule has 3 heterocycles. The van der Waals surface area contributed by atoms with E-state index in [-0.39, 0.29) is 17.6 Å². The van der Waals surface area contributed by atoms with Gasteiger partial charge in [-0.2, -0.15) is 0 Å². The quantitative estimate of drug-likeness (QED) is 0.226. The summed E-state index contributed by atoms with van der Waals surface area (Å²) in [6, 6.07) is 24.3. The van der Waals surface area contributed by atoms with Gasteiger partial charge in [0.25, 0.3) is 11.5 Å². The van der Waals surface area contributed by atoms with E-state index in [1.54, 1.807) is 23.1 Å². The van der Waals surface area contributed by atoms with Gasteiger partial charge in [-0.25, -0.2) is 9.78 Å². The number of para-hydroxylation sites is 2. The number of nitrogens with zero attached hydrogens (tertiary/aromatic N) is 4. The van der Waals surface area contributed by atoms with Crippen molar-refractivity contribution in [2.24, 2.45) is 0 Å². The topological polar surface area (TPSA) is 110 Å². The van der Waals surface area contributed by atoms with E-state index in [1.165, 1.54) is 10.9 Å². The van der Waals surface area contributed by atoms with Gasteiger partial charge in [-0.05, 0) is 81.8 Å². The molecule has 2 amide bonds. The van der Waals surface area contributed by atoms with Gasteiger partial charge < -0.3 is 24.3 Å². The number of nitrogens with one attached hydrogen (secondary N) is 1. The van der Waals surface area contributed by atoms with Gasteiger partial charge >= 0.3 is 6.09 Å². The molecule has 4 aromatic carbocycles. The zero-order valence-corrected chi connectivity index (χ0v) is 26.7. The first-order valence-electron chi connectivity index (χ1n) is 15.6. The molecule has 2 aromatic heterocycles. The minimum atomic E-state index is -0.544. The summed E-state index contributed by atoms with van der Waals surface area (Å²) in [5.74, 6) is -0.286. The van der Waals surface area contributed by atoms with E-state index < -0.39 is 5.60 Å². The van der Waals surface area contributed by atoms with Gasteiger partial charge in [-0.3, -0.25) is 14.2 Å². The lowest BCUT2D eigenvalue weighted by molar-refractivity contribution is 0.0240. The molecule has 1 aliphatic heterocycles. The van der Waals surface area contributed by atoms with Gasteiger partial charge in [-0.1, -0.05) is 30.3 Å². The SMILES string of the molecule is Cc1cc(NC(=O)c2cccc3c2oc2ccccc23)ccc1-n1cnc2ccc(N3CCN(C(=O)OC(C)(C)C)CC3)cc2c1=O. The Balaban J connectivity index is 1.11.